The van der Waals surface area contributed by atoms with Crippen LogP contribution in [0.2, 0.25) is 5.02 Å². The average Bonchev–Trinajstić information content (AvgIpc) is 2.92. The summed E-state index contributed by atoms with van der Waals surface area (Å²) >= 11 is 9.57. The molecule has 2 nitrogen and oxygen atoms in total. The molecule has 0 spiro atoms. The first-order valence-electron chi connectivity index (χ1n) is 8.09. The molecule has 0 aliphatic heterocycles. The molecular formula is C19H20BrClN2. The molecule has 0 saturated heterocycles. The minimum absolute atomic E-state index is 0.805. The fourth-order valence-electron chi connectivity index (χ4n) is 2.85. The first-order valence-corrected chi connectivity index (χ1v) is 9.26. The number of nitrogens with one attached hydrogen (secondary N) is 1. The number of para-hydroxylation sites is 2. The van der Waals surface area contributed by atoms with Crippen molar-refractivity contribution in [1.29, 1.82) is 0 Å². The summed E-state index contributed by atoms with van der Waals surface area (Å²) in [7, 11) is 0. The molecule has 0 fully saturated rings. The number of H-pyrrole nitrogens is 1. The summed E-state index contributed by atoms with van der Waals surface area (Å²) in [5, 5.41) is 0.805. The van der Waals surface area contributed by atoms with Gasteiger partial charge in [-0.2, -0.15) is 0 Å². The van der Waals surface area contributed by atoms with Crippen LogP contribution in [-0.4, -0.2) is 9.97 Å². The highest BCUT2D eigenvalue weighted by Gasteiger charge is 2.02. The maximum absolute atomic E-state index is 6.07. The van der Waals surface area contributed by atoms with Crippen molar-refractivity contribution in [2.75, 3.05) is 0 Å². The molecule has 4 heteroatoms. The van der Waals surface area contributed by atoms with Gasteiger partial charge in [-0.15, -0.1) is 0 Å². The number of hydrogen-bond acceptors (Lipinski definition) is 1. The molecule has 3 rings (SSSR count). The quantitative estimate of drug-likeness (QED) is 0.469. The van der Waals surface area contributed by atoms with Crippen molar-refractivity contribution in [2.24, 2.45) is 0 Å². The van der Waals surface area contributed by atoms with E-state index in [-0.39, 0.29) is 0 Å². The zero-order valence-corrected chi connectivity index (χ0v) is 15.3. The van der Waals surface area contributed by atoms with Gasteiger partial charge in [0, 0.05) is 15.9 Å². The molecule has 0 aliphatic carbocycles. The molecule has 0 amide bonds. The highest BCUT2D eigenvalue weighted by molar-refractivity contribution is 9.10. The van der Waals surface area contributed by atoms with E-state index in [0.29, 0.717) is 0 Å². The summed E-state index contributed by atoms with van der Waals surface area (Å²) < 4.78 is 1.06. The number of fused-ring (bicyclic) bond motifs is 1. The Kier molecular flexibility index (Phi) is 5.74. The van der Waals surface area contributed by atoms with Gasteiger partial charge in [-0.3, -0.25) is 0 Å². The number of imidazole rings is 1. The van der Waals surface area contributed by atoms with Crippen LogP contribution in [0.4, 0.5) is 0 Å². The number of halogens is 2. The molecule has 1 N–H and O–H groups in total. The topological polar surface area (TPSA) is 28.7 Å². The van der Waals surface area contributed by atoms with E-state index in [1.54, 1.807) is 0 Å². The van der Waals surface area contributed by atoms with Crippen LogP contribution in [0.3, 0.4) is 0 Å². The molecule has 0 bridgehead atoms. The Balaban J connectivity index is 1.38. The second kappa shape index (κ2) is 7.98. The summed E-state index contributed by atoms with van der Waals surface area (Å²) in [4.78, 5) is 8.02. The molecule has 0 atom stereocenters. The fraction of sp³-hybridized carbons (Fsp3) is 0.316. The maximum atomic E-state index is 6.07. The van der Waals surface area contributed by atoms with Crippen molar-refractivity contribution in [3.63, 3.8) is 0 Å². The zero-order chi connectivity index (χ0) is 16.1. The van der Waals surface area contributed by atoms with Gasteiger partial charge in [-0.05, 0) is 55.2 Å². The van der Waals surface area contributed by atoms with Gasteiger partial charge in [-0.25, -0.2) is 4.98 Å². The smallest absolute Gasteiger partial charge is 0.107 e. The number of benzene rings is 2. The number of nitrogens with zero attached hydrogens (tertiary/aromatic N) is 1. The standard InChI is InChI=1S/C19H20BrClN2/c20-15-11-14(12-16(21)13-15)7-3-1-2-4-10-19-22-17-8-5-6-9-18(17)23-19/h5-6,8-9,11-13H,1-4,7,10H2,(H,22,23). The Morgan fingerprint density at radius 2 is 1.74 bits per heavy atom. The normalized spacial score (nSPS) is 11.2. The molecule has 23 heavy (non-hydrogen) atoms. The molecule has 3 aromatic rings. The highest BCUT2D eigenvalue weighted by atomic mass is 79.9. The molecule has 0 saturated carbocycles. The van der Waals surface area contributed by atoms with Crippen molar-refractivity contribution in [3.8, 4) is 0 Å². The maximum Gasteiger partial charge on any atom is 0.107 e. The Hall–Kier alpha value is -1.32. The van der Waals surface area contributed by atoms with Gasteiger partial charge in [0.2, 0.25) is 0 Å². The van der Waals surface area contributed by atoms with Gasteiger partial charge in [0.15, 0.2) is 0 Å². The van der Waals surface area contributed by atoms with Gasteiger partial charge in [0.1, 0.15) is 5.82 Å². The molecular weight excluding hydrogens is 372 g/mol. The van der Waals surface area contributed by atoms with Crippen LogP contribution in [0.15, 0.2) is 46.9 Å². The highest BCUT2D eigenvalue weighted by Crippen LogP contribution is 2.21. The van der Waals surface area contributed by atoms with Gasteiger partial charge < -0.3 is 4.98 Å². The zero-order valence-electron chi connectivity index (χ0n) is 13.0. The first-order chi connectivity index (χ1) is 11.2. The predicted molar refractivity (Wildman–Crippen MR) is 101 cm³/mol. The molecule has 0 aliphatic rings. The summed E-state index contributed by atoms with van der Waals surface area (Å²) in [6.45, 7) is 0. The lowest BCUT2D eigenvalue weighted by molar-refractivity contribution is 0.632. The summed E-state index contributed by atoms with van der Waals surface area (Å²) in [5.41, 5.74) is 3.50. The molecule has 2 aromatic carbocycles. The van der Waals surface area contributed by atoms with E-state index in [1.807, 2.05) is 18.2 Å². The average molecular weight is 392 g/mol. The van der Waals surface area contributed by atoms with Gasteiger partial charge >= 0.3 is 0 Å². The Labute approximate surface area is 150 Å². The number of aromatic amines is 1. The third-order valence-electron chi connectivity index (χ3n) is 3.99. The van der Waals surface area contributed by atoms with E-state index < -0.39 is 0 Å². The van der Waals surface area contributed by atoms with Crippen LogP contribution < -0.4 is 0 Å². The van der Waals surface area contributed by atoms with Crippen LogP contribution in [0.5, 0.6) is 0 Å². The van der Waals surface area contributed by atoms with Crippen LogP contribution in [0, 0.1) is 0 Å². The van der Waals surface area contributed by atoms with Gasteiger partial charge in [0.05, 0.1) is 11.0 Å². The van der Waals surface area contributed by atoms with E-state index in [4.69, 9.17) is 11.6 Å². The first kappa shape index (κ1) is 16.5. The molecule has 1 aromatic heterocycles. The lowest BCUT2D eigenvalue weighted by Gasteiger charge is -2.04. The molecule has 1 heterocycles. The number of aryl methyl sites for hydroxylation is 2. The minimum Gasteiger partial charge on any atom is -0.342 e. The number of aromatic nitrogens is 2. The largest absolute Gasteiger partial charge is 0.342 e. The Morgan fingerprint density at radius 1 is 0.957 bits per heavy atom. The Morgan fingerprint density at radius 3 is 2.52 bits per heavy atom. The van der Waals surface area contributed by atoms with E-state index >= 15 is 0 Å². The van der Waals surface area contributed by atoms with Crippen molar-refractivity contribution >= 4 is 38.6 Å². The second-order valence-electron chi connectivity index (χ2n) is 5.89. The predicted octanol–water partition coefficient (Wildman–Crippen LogP) is 6.32. The number of unbranched alkanes of at least 4 members (excludes halogenated alkanes) is 3. The minimum atomic E-state index is 0.805. The third kappa shape index (κ3) is 4.82. The van der Waals surface area contributed by atoms with Crippen LogP contribution in [0.1, 0.15) is 37.1 Å². The summed E-state index contributed by atoms with van der Waals surface area (Å²) in [5.74, 6) is 1.10. The number of rotatable bonds is 7. The van der Waals surface area contributed by atoms with Crippen molar-refractivity contribution in [3.05, 3.63) is 63.3 Å². The van der Waals surface area contributed by atoms with E-state index in [9.17, 15) is 0 Å². The van der Waals surface area contributed by atoms with E-state index in [1.165, 1.54) is 31.2 Å². The fourth-order valence-corrected chi connectivity index (χ4v) is 3.78. The molecule has 120 valence electrons. The van der Waals surface area contributed by atoms with Crippen LogP contribution in [-0.2, 0) is 12.8 Å². The van der Waals surface area contributed by atoms with Crippen LogP contribution >= 0.6 is 27.5 Å². The SMILES string of the molecule is Clc1cc(Br)cc(CCCCCCc2nc3ccccc3[nH]2)c1. The van der Waals surface area contributed by atoms with Gasteiger partial charge in [0.25, 0.3) is 0 Å². The van der Waals surface area contributed by atoms with E-state index in [0.717, 1.165) is 39.2 Å². The lowest BCUT2D eigenvalue weighted by Crippen LogP contribution is -1.90. The number of hydrogen-bond donors (Lipinski definition) is 1. The molecule has 0 radical (unpaired) electrons. The summed E-state index contributed by atoms with van der Waals surface area (Å²) in [6, 6.07) is 14.3. The van der Waals surface area contributed by atoms with Crippen molar-refractivity contribution in [1.82, 2.24) is 9.97 Å². The van der Waals surface area contributed by atoms with Crippen molar-refractivity contribution < 1.29 is 0 Å². The van der Waals surface area contributed by atoms with Crippen molar-refractivity contribution in [2.45, 2.75) is 38.5 Å². The molecule has 0 unspecified atom stereocenters. The Bertz CT molecular complexity index is 729. The summed E-state index contributed by atoms with van der Waals surface area (Å²) in [6.07, 6.45) is 6.97. The lowest BCUT2D eigenvalue weighted by atomic mass is 10.1. The van der Waals surface area contributed by atoms with Gasteiger partial charge in [-0.1, -0.05) is 52.5 Å². The second-order valence-corrected chi connectivity index (χ2v) is 7.24. The van der Waals surface area contributed by atoms with E-state index in [2.05, 4.69) is 50.2 Å². The van der Waals surface area contributed by atoms with Crippen LogP contribution in [0.25, 0.3) is 11.0 Å². The third-order valence-corrected chi connectivity index (χ3v) is 4.67. The monoisotopic (exact) mass is 390 g/mol.